The first-order valence-electron chi connectivity index (χ1n) is 9.33. The Morgan fingerprint density at radius 1 is 1.12 bits per heavy atom. The second-order valence-electron chi connectivity index (χ2n) is 7.03. The summed E-state index contributed by atoms with van der Waals surface area (Å²) in [4.78, 5) is 23.8. The molecule has 1 heterocycles. The van der Waals surface area contributed by atoms with Gasteiger partial charge in [0.15, 0.2) is 11.5 Å². The maximum Gasteiger partial charge on any atom is 0.169 e. The van der Waals surface area contributed by atoms with E-state index in [4.69, 9.17) is 4.42 Å². The van der Waals surface area contributed by atoms with Gasteiger partial charge in [-0.15, -0.1) is 0 Å². The molecule has 2 aromatic rings. The number of carbonyl (C=O) groups excluding carboxylic acids is 2. The van der Waals surface area contributed by atoms with Gasteiger partial charge in [-0.05, 0) is 36.5 Å². The molecule has 2 N–H and O–H groups in total. The van der Waals surface area contributed by atoms with Crippen molar-refractivity contribution in [2.45, 2.75) is 57.0 Å². The molecule has 0 amide bonds. The van der Waals surface area contributed by atoms with Gasteiger partial charge in [0.1, 0.15) is 12.6 Å². The van der Waals surface area contributed by atoms with Crippen molar-refractivity contribution in [1.29, 1.82) is 0 Å². The molecule has 1 atom stereocenters. The molecule has 0 radical (unpaired) electrons. The Morgan fingerprint density at radius 2 is 1.85 bits per heavy atom. The average molecular weight is 355 g/mol. The van der Waals surface area contributed by atoms with Crippen molar-refractivity contribution in [1.82, 2.24) is 0 Å². The fourth-order valence-corrected chi connectivity index (χ4v) is 3.64. The van der Waals surface area contributed by atoms with Gasteiger partial charge in [0.2, 0.25) is 0 Å². The number of aliphatic carboxylic acids is 1. The van der Waals surface area contributed by atoms with Crippen LogP contribution >= 0.6 is 0 Å². The highest BCUT2D eigenvalue weighted by Crippen LogP contribution is 2.32. The van der Waals surface area contributed by atoms with E-state index in [0.29, 0.717) is 23.8 Å². The Bertz CT molecular complexity index is 715. The summed E-state index contributed by atoms with van der Waals surface area (Å²) in [5.74, 6) is -0.153. The molecule has 1 aromatic carbocycles. The second kappa shape index (κ2) is 8.81. The van der Waals surface area contributed by atoms with Crippen LogP contribution in [0.3, 0.4) is 0 Å². The first-order valence-corrected chi connectivity index (χ1v) is 9.33. The van der Waals surface area contributed by atoms with E-state index in [1.165, 1.54) is 43.9 Å². The quantitative estimate of drug-likeness (QED) is 0.731. The van der Waals surface area contributed by atoms with Crippen LogP contribution in [-0.2, 0) is 11.3 Å². The van der Waals surface area contributed by atoms with Gasteiger partial charge >= 0.3 is 0 Å². The molecule has 26 heavy (non-hydrogen) atoms. The molecule has 1 saturated carbocycles. The smallest absolute Gasteiger partial charge is 0.169 e. The van der Waals surface area contributed by atoms with Crippen LogP contribution in [0.5, 0.6) is 0 Å². The SMILES string of the molecule is O=C(C[C@@H]([NH2+]Cc1ccco1)C(=O)[O-])c1ccc(C2CCCCC2)cc1. The number of rotatable bonds is 8. The van der Waals surface area contributed by atoms with E-state index < -0.39 is 12.0 Å². The van der Waals surface area contributed by atoms with Crippen molar-refractivity contribution >= 4 is 11.8 Å². The third kappa shape index (κ3) is 4.82. The predicted octanol–water partition coefficient (Wildman–Crippen LogP) is 1.78. The highest BCUT2D eigenvalue weighted by molar-refractivity contribution is 5.98. The molecule has 138 valence electrons. The fraction of sp³-hybridized carbons (Fsp3) is 0.429. The molecule has 1 aromatic heterocycles. The van der Waals surface area contributed by atoms with Crippen LogP contribution in [0, 0.1) is 0 Å². The minimum absolute atomic E-state index is 0.0915. The van der Waals surface area contributed by atoms with E-state index in [9.17, 15) is 14.7 Å². The zero-order valence-corrected chi connectivity index (χ0v) is 14.9. The number of ketones is 1. The summed E-state index contributed by atoms with van der Waals surface area (Å²) in [5.41, 5.74) is 1.84. The van der Waals surface area contributed by atoms with Gasteiger partial charge in [-0.2, -0.15) is 0 Å². The normalized spacial score (nSPS) is 16.3. The number of quaternary nitrogens is 1. The van der Waals surface area contributed by atoms with Crippen LogP contribution in [0.2, 0.25) is 0 Å². The van der Waals surface area contributed by atoms with E-state index in [-0.39, 0.29) is 12.2 Å². The molecule has 0 unspecified atom stereocenters. The Hall–Kier alpha value is -2.40. The fourth-order valence-electron chi connectivity index (χ4n) is 3.64. The van der Waals surface area contributed by atoms with Crippen LogP contribution in [-0.4, -0.2) is 17.8 Å². The highest BCUT2D eigenvalue weighted by atomic mass is 16.4. The van der Waals surface area contributed by atoms with Gasteiger partial charge < -0.3 is 19.6 Å². The number of benzene rings is 1. The third-order valence-corrected chi connectivity index (χ3v) is 5.20. The van der Waals surface area contributed by atoms with Crippen molar-refractivity contribution in [3.05, 3.63) is 59.5 Å². The maximum absolute atomic E-state index is 12.5. The van der Waals surface area contributed by atoms with Crippen molar-refractivity contribution in [2.75, 3.05) is 0 Å². The molecule has 0 aliphatic heterocycles. The standard InChI is InChI=1S/C21H25NO4/c23-20(13-19(21(24)25)22-14-18-7-4-12-26-18)17-10-8-16(9-11-17)15-5-2-1-3-6-15/h4,7-12,15,19,22H,1-3,5-6,13-14H2,(H,24,25)/t19-/m1/s1. The number of hydrogen-bond acceptors (Lipinski definition) is 4. The van der Waals surface area contributed by atoms with Crippen molar-refractivity contribution in [2.24, 2.45) is 0 Å². The Kier molecular flexibility index (Phi) is 6.23. The first kappa shape index (κ1) is 18.4. The van der Waals surface area contributed by atoms with Crippen LogP contribution < -0.4 is 10.4 Å². The van der Waals surface area contributed by atoms with Gasteiger partial charge in [0, 0.05) is 5.56 Å². The Labute approximate surface area is 153 Å². The Balaban J connectivity index is 1.58. The van der Waals surface area contributed by atoms with Crippen LogP contribution in [0.4, 0.5) is 0 Å². The van der Waals surface area contributed by atoms with Gasteiger partial charge in [0.25, 0.3) is 0 Å². The molecule has 1 aliphatic carbocycles. The van der Waals surface area contributed by atoms with Gasteiger partial charge in [-0.3, -0.25) is 4.79 Å². The minimum Gasteiger partial charge on any atom is -0.544 e. The number of furan rings is 1. The predicted molar refractivity (Wildman–Crippen MR) is 94.3 cm³/mol. The lowest BCUT2D eigenvalue weighted by Crippen LogP contribution is -2.92. The lowest BCUT2D eigenvalue weighted by Gasteiger charge is -2.22. The van der Waals surface area contributed by atoms with Crippen LogP contribution in [0.25, 0.3) is 0 Å². The van der Waals surface area contributed by atoms with Gasteiger partial charge in [-0.25, -0.2) is 0 Å². The maximum atomic E-state index is 12.5. The molecule has 0 spiro atoms. The Morgan fingerprint density at radius 3 is 2.46 bits per heavy atom. The zero-order chi connectivity index (χ0) is 18.4. The van der Waals surface area contributed by atoms with Crippen molar-refractivity contribution in [3.8, 4) is 0 Å². The number of carboxylic acids is 1. The van der Waals surface area contributed by atoms with Crippen LogP contribution in [0.15, 0.2) is 47.1 Å². The molecule has 3 rings (SSSR count). The number of hydrogen-bond donors (Lipinski definition) is 1. The minimum atomic E-state index is -1.23. The summed E-state index contributed by atoms with van der Waals surface area (Å²) in [7, 11) is 0. The van der Waals surface area contributed by atoms with E-state index in [2.05, 4.69) is 0 Å². The monoisotopic (exact) mass is 355 g/mol. The second-order valence-corrected chi connectivity index (χ2v) is 7.03. The van der Waals surface area contributed by atoms with Crippen LogP contribution in [0.1, 0.15) is 66.1 Å². The topological polar surface area (TPSA) is 87.0 Å². The summed E-state index contributed by atoms with van der Waals surface area (Å²) in [6, 6.07) is 10.3. The molecule has 1 aliphatic rings. The van der Waals surface area contributed by atoms with E-state index >= 15 is 0 Å². The zero-order valence-electron chi connectivity index (χ0n) is 14.9. The molecule has 1 fully saturated rings. The van der Waals surface area contributed by atoms with E-state index in [1.54, 1.807) is 17.4 Å². The molecular weight excluding hydrogens is 330 g/mol. The lowest BCUT2D eigenvalue weighted by atomic mass is 9.84. The third-order valence-electron chi connectivity index (χ3n) is 5.20. The average Bonchev–Trinajstić information content (AvgIpc) is 3.19. The number of carbonyl (C=O) groups is 2. The summed E-state index contributed by atoms with van der Waals surface area (Å²) in [5, 5.41) is 12.9. The largest absolute Gasteiger partial charge is 0.544 e. The summed E-state index contributed by atoms with van der Waals surface area (Å²) in [6.45, 7) is 0.361. The number of Topliss-reactive ketones (excluding diaryl/α,β-unsaturated/α-hetero) is 1. The highest BCUT2D eigenvalue weighted by Gasteiger charge is 2.21. The molecule has 5 heteroatoms. The van der Waals surface area contributed by atoms with Crippen molar-refractivity contribution < 1.29 is 24.4 Å². The molecule has 0 bridgehead atoms. The first-order chi connectivity index (χ1) is 12.6. The molecule has 5 nitrogen and oxygen atoms in total. The van der Waals surface area contributed by atoms with Gasteiger partial charge in [0.05, 0.1) is 18.7 Å². The van der Waals surface area contributed by atoms with Gasteiger partial charge in [-0.1, -0.05) is 43.5 Å². The van der Waals surface area contributed by atoms with Crippen molar-refractivity contribution in [3.63, 3.8) is 0 Å². The lowest BCUT2D eigenvalue weighted by molar-refractivity contribution is -0.698. The van der Waals surface area contributed by atoms with E-state index in [0.717, 1.165) is 0 Å². The molecule has 0 saturated heterocycles. The van der Waals surface area contributed by atoms with E-state index in [1.807, 2.05) is 24.3 Å². The molecular formula is C21H25NO4. The summed E-state index contributed by atoms with van der Waals surface area (Å²) in [6.07, 6.45) is 7.71. The summed E-state index contributed by atoms with van der Waals surface area (Å²) >= 11 is 0. The summed E-state index contributed by atoms with van der Waals surface area (Å²) < 4.78 is 5.19. The number of carboxylic acid groups (broad SMARTS) is 1. The number of nitrogens with two attached hydrogens (primary N) is 1.